The van der Waals surface area contributed by atoms with E-state index < -0.39 is 51.5 Å². The Morgan fingerprint density at radius 2 is 1.85 bits per heavy atom. The monoisotopic (exact) mass is 510 g/mol. The van der Waals surface area contributed by atoms with Crippen molar-refractivity contribution in [3.05, 3.63) is 41.9 Å². The van der Waals surface area contributed by atoms with Gasteiger partial charge in [-0.1, -0.05) is 6.07 Å². The third-order valence-corrected chi connectivity index (χ3v) is 6.53. The molecule has 0 amide bonds. The van der Waals surface area contributed by atoms with Gasteiger partial charge in [-0.05, 0) is 31.5 Å². The van der Waals surface area contributed by atoms with Crippen LogP contribution >= 0.6 is 0 Å². The van der Waals surface area contributed by atoms with Crippen molar-refractivity contribution < 1.29 is 44.3 Å². The number of nitrogens with zero attached hydrogens (tertiary/aromatic N) is 3. The fourth-order valence-corrected chi connectivity index (χ4v) is 4.56. The molecule has 1 unspecified atom stereocenters. The molecule has 2 heterocycles. The summed E-state index contributed by atoms with van der Waals surface area (Å²) < 4.78 is 107. The predicted octanol–water partition coefficient (Wildman–Crippen LogP) is 3.57. The Morgan fingerprint density at radius 3 is 2.44 bits per heavy atom. The second-order valence-electron chi connectivity index (χ2n) is 7.32. The third-order valence-electron chi connectivity index (χ3n) is 4.65. The van der Waals surface area contributed by atoms with Gasteiger partial charge < -0.3 is 10.5 Å². The quantitative estimate of drug-likeness (QED) is 0.412. The average Bonchev–Trinajstić information content (AvgIpc) is 3.10. The maximum absolute atomic E-state index is 13.2. The van der Waals surface area contributed by atoms with Gasteiger partial charge in [-0.3, -0.25) is 4.40 Å². The summed E-state index contributed by atoms with van der Waals surface area (Å²) in [5, 5.41) is 0. The molecule has 3 aromatic rings. The molecule has 2 aromatic heterocycles. The second kappa shape index (κ2) is 8.45. The zero-order valence-corrected chi connectivity index (χ0v) is 18.2. The Morgan fingerprint density at radius 1 is 1.21 bits per heavy atom. The number of benzene rings is 1. The molecule has 1 atom stereocenters. The number of aromatic nitrogens is 3. The fourth-order valence-electron chi connectivity index (χ4n) is 3.11. The van der Waals surface area contributed by atoms with Gasteiger partial charge in [-0.25, -0.2) is 23.2 Å². The highest BCUT2D eigenvalue weighted by Gasteiger charge is 2.42. The normalized spacial score (nSPS) is 13.8. The van der Waals surface area contributed by atoms with Gasteiger partial charge in [0, 0.05) is 11.8 Å². The van der Waals surface area contributed by atoms with Crippen LogP contribution in [0.2, 0.25) is 0 Å². The van der Waals surface area contributed by atoms with E-state index in [0.717, 1.165) is 17.4 Å². The number of carbonyl (C=O) groups is 1. The average molecular weight is 510 g/mol. The molecule has 0 fully saturated rings. The number of sulfone groups is 1. The summed E-state index contributed by atoms with van der Waals surface area (Å²) in [6.45, 7) is 2.54. The summed E-state index contributed by atoms with van der Waals surface area (Å²) in [5.74, 6) is -3.99. The standard InChI is InChI=1S/C19H16F6N4O4S/c1-9-3-4-11(34(31,32)8-10(2)33-17(30)19(23,24)25)5-12(9)13-6-27-16-15(26)28-14(7-29(13)16)18(20,21)22/h3-7,10H,8H2,1-2H3,(H2,26,28). The van der Waals surface area contributed by atoms with Crippen LogP contribution in [0, 0.1) is 6.92 Å². The van der Waals surface area contributed by atoms with Crippen LogP contribution in [0.15, 0.2) is 35.5 Å². The molecule has 3 rings (SSSR count). The maximum atomic E-state index is 13.2. The number of anilines is 1. The Balaban J connectivity index is 2.02. The van der Waals surface area contributed by atoms with Gasteiger partial charge in [0.05, 0.1) is 22.5 Å². The van der Waals surface area contributed by atoms with Crippen molar-refractivity contribution in [1.82, 2.24) is 14.4 Å². The first-order valence-electron chi connectivity index (χ1n) is 9.33. The molecular weight excluding hydrogens is 494 g/mol. The summed E-state index contributed by atoms with van der Waals surface area (Å²) in [5.41, 5.74) is 4.91. The van der Waals surface area contributed by atoms with E-state index in [2.05, 4.69) is 14.7 Å². The summed E-state index contributed by atoms with van der Waals surface area (Å²) in [4.78, 5) is 17.8. The fraction of sp³-hybridized carbons (Fsp3) is 0.316. The summed E-state index contributed by atoms with van der Waals surface area (Å²) in [6, 6.07) is 3.67. The largest absolute Gasteiger partial charge is 0.490 e. The number of carbonyl (C=O) groups excluding carboxylic acids is 1. The molecule has 0 spiro atoms. The van der Waals surface area contributed by atoms with Crippen molar-refractivity contribution in [3.63, 3.8) is 0 Å². The van der Waals surface area contributed by atoms with E-state index >= 15 is 0 Å². The molecule has 0 bridgehead atoms. The van der Waals surface area contributed by atoms with Gasteiger partial charge >= 0.3 is 18.3 Å². The van der Waals surface area contributed by atoms with Crippen molar-refractivity contribution in [1.29, 1.82) is 0 Å². The molecule has 34 heavy (non-hydrogen) atoms. The topological polar surface area (TPSA) is 117 Å². The number of imidazole rings is 1. The first kappa shape index (κ1) is 25.3. The van der Waals surface area contributed by atoms with Gasteiger partial charge in [0.25, 0.3) is 0 Å². The van der Waals surface area contributed by atoms with Gasteiger partial charge in [-0.15, -0.1) is 0 Å². The lowest BCUT2D eigenvalue weighted by atomic mass is 10.1. The van der Waals surface area contributed by atoms with E-state index in [1.54, 1.807) is 6.92 Å². The minimum Gasteiger partial charge on any atom is -0.455 e. The van der Waals surface area contributed by atoms with Crippen LogP contribution < -0.4 is 5.73 Å². The minimum atomic E-state index is -5.29. The number of esters is 1. The number of rotatable bonds is 5. The van der Waals surface area contributed by atoms with Gasteiger partial charge in [0.1, 0.15) is 6.10 Å². The molecule has 15 heteroatoms. The van der Waals surface area contributed by atoms with Crippen LogP contribution in [-0.2, 0) is 25.5 Å². The number of halogens is 6. The van der Waals surface area contributed by atoms with Crippen LogP contribution in [0.3, 0.4) is 0 Å². The van der Waals surface area contributed by atoms with E-state index in [0.29, 0.717) is 11.8 Å². The molecule has 0 saturated heterocycles. The Hall–Kier alpha value is -3.36. The van der Waals surface area contributed by atoms with Gasteiger partial charge in [0.15, 0.2) is 27.0 Å². The molecule has 184 valence electrons. The van der Waals surface area contributed by atoms with E-state index in [4.69, 9.17) is 5.73 Å². The highest BCUT2D eigenvalue weighted by Crippen LogP contribution is 2.33. The van der Waals surface area contributed by atoms with E-state index in [1.165, 1.54) is 18.3 Å². The van der Waals surface area contributed by atoms with Crippen LogP contribution in [0.5, 0.6) is 0 Å². The van der Waals surface area contributed by atoms with Crippen LogP contribution in [-0.4, -0.2) is 46.8 Å². The van der Waals surface area contributed by atoms with E-state index in [9.17, 15) is 39.6 Å². The Kier molecular flexibility index (Phi) is 6.28. The Labute approximate surface area is 188 Å². The lowest BCUT2D eigenvalue weighted by Gasteiger charge is -2.16. The number of ether oxygens (including phenoxy) is 1. The zero-order chi connectivity index (χ0) is 25.6. The van der Waals surface area contributed by atoms with Crippen molar-refractivity contribution in [3.8, 4) is 11.3 Å². The highest BCUT2D eigenvalue weighted by atomic mass is 32.2. The smallest absolute Gasteiger partial charge is 0.455 e. The number of hydrogen-bond acceptors (Lipinski definition) is 7. The van der Waals surface area contributed by atoms with E-state index in [-0.39, 0.29) is 21.8 Å². The number of alkyl halides is 6. The molecule has 8 nitrogen and oxygen atoms in total. The number of fused-ring (bicyclic) bond motifs is 1. The van der Waals surface area contributed by atoms with Crippen molar-refractivity contribution in [2.45, 2.75) is 37.2 Å². The number of nitrogens with two attached hydrogens (primary N) is 1. The Bertz CT molecular complexity index is 1370. The lowest BCUT2D eigenvalue weighted by molar-refractivity contribution is -0.203. The van der Waals surface area contributed by atoms with Gasteiger partial charge in [-0.2, -0.15) is 26.3 Å². The first-order valence-corrected chi connectivity index (χ1v) is 11.0. The number of aryl methyl sites for hydroxylation is 1. The predicted molar refractivity (Wildman–Crippen MR) is 106 cm³/mol. The number of nitrogen functional groups attached to an aromatic ring is 1. The summed E-state index contributed by atoms with van der Waals surface area (Å²) >= 11 is 0. The van der Waals surface area contributed by atoms with E-state index in [1.807, 2.05) is 0 Å². The molecule has 0 aliphatic carbocycles. The highest BCUT2D eigenvalue weighted by molar-refractivity contribution is 7.91. The van der Waals surface area contributed by atoms with Crippen molar-refractivity contribution in [2.75, 3.05) is 11.5 Å². The van der Waals surface area contributed by atoms with Crippen LogP contribution in [0.25, 0.3) is 16.9 Å². The molecule has 2 N–H and O–H groups in total. The lowest BCUT2D eigenvalue weighted by Crippen LogP contribution is -2.32. The molecular formula is C19H16F6N4O4S. The summed E-state index contributed by atoms with van der Waals surface area (Å²) in [7, 11) is -4.27. The van der Waals surface area contributed by atoms with Crippen LogP contribution in [0.4, 0.5) is 32.2 Å². The molecule has 0 saturated carbocycles. The van der Waals surface area contributed by atoms with Crippen molar-refractivity contribution in [2.24, 2.45) is 0 Å². The zero-order valence-electron chi connectivity index (χ0n) is 17.4. The van der Waals surface area contributed by atoms with Crippen LogP contribution in [0.1, 0.15) is 18.2 Å². The molecule has 0 aliphatic rings. The minimum absolute atomic E-state index is 0.0701. The second-order valence-corrected chi connectivity index (χ2v) is 9.35. The molecule has 1 aromatic carbocycles. The maximum Gasteiger partial charge on any atom is 0.490 e. The summed E-state index contributed by atoms with van der Waals surface area (Å²) in [6.07, 6.45) is -9.88. The third kappa shape index (κ3) is 5.08. The van der Waals surface area contributed by atoms with Crippen molar-refractivity contribution >= 4 is 27.3 Å². The number of hydrogen-bond donors (Lipinski definition) is 1. The SMILES string of the molecule is Cc1ccc(S(=O)(=O)CC(C)OC(=O)C(F)(F)F)cc1-c1cnc2c(N)nc(C(F)(F)F)cn12. The first-order chi connectivity index (χ1) is 15.5. The molecule has 0 radical (unpaired) electrons. The van der Waals surface area contributed by atoms with Gasteiger partial charge in [0.2, 0.25) is 0 Å². The molecule has 0 aliphatic heterocycles.